The largest absolute Gasteiger partial charge is 0.315 e. The van der Waals surface area contributed by atoms with Crippen LogP contribution in [0.25, 0.3) is 0 Å². The fourth-order valence-corrected chi connectivity index (χ4v) is 3.08. The minimum Gasteiger partial charge on any atom is -0.315 e. The van der Waals surface area contributed by atoms with Crippen LogP contribution in [0.5, 0.6) is 0 Å². The summed E-state index contributed by atoms with van der Waals surface area (Å²) in [6.07, 6.45) is 6.61. The third kappa shape index (κ3) is 3.19. The molecule has 0 aromatic carbocycles. The summed E-state index contributed by atoms with van der Waals surface area (Å²) < 4.78 is 0. The summed E-state index contributed by atoms with van der Waals surface area (Å²) in [7, 11) is 0. The van der Waals surface area contributed by atoms with E-state index >= 15 is 0 Å². The van der Waals surface area contributed by atoms with E-state index in [0.717, 1.165) is 18.2 Å². The normalized spacial score (nSPS) is 25.8. The topological polar surface area (TPSA) is 44.9 Å². The predicted molar refractivity (Wildman–Crippen MR) is 67.8 cm³/mol. The molecule has 16 heavy (non-hydrogen) atoms. The van der Waals surface area contributed by atoms with Gasteiger partial charge in [-0.05, 0) is 18.8 Å². The quantitative estimate of drug-likeness (QED) is 0.849. The van der Waals surface area contributed by atoms with E-state index in [4.69, 9.17) is 0 Å². The molecule has 0 bridgehead atoms. The standard InChI is InChI=1S/C12H20N2OS/c1-2-9-4-3-5-10(6-9)13-7-11-8-16-12(15)14-11/h8-10,13H,2-7H2,1H3,(H,14,15). The summed E-state index contributed by atoms with van der Waals surface area (Å²) in [5, 5.41) is 5.46. The second-order valence-corrected chi connectivity index (χ2v) is 5.53. The van der Waals surface area contributed by atoms with Gasteiger partial charge in [-0.1, -0.05) is 37.5 Å². The van der Waals surface area contributed by atoms with Gasteiger partial charge in [-0.2, -0.15) is 0 Å². The molecule has 2 N–H and O–H groups in total. The number of rotatable bonds is 4. The first-order chi connectivity index (χ1) is 7.78. The number of nitrogens with one attached hydrogen (secondary N) is 2. The Balaban J connectivity index is 1.79. The molecule has 4 heteroatoms. The average molecular weight is 240 g/mol. The van der Waals surface area contributed by atoms with Crippen molar-refractivity contribution in [1.29, 1.82) is 0 Å². The minimum atomic E-state index is 0.0480. The Morgan fingerprint density at radius 3 is 3.12 bits per heavy atom. The zero-order valence-electron chi connectivity index (χ0n) is 9.79. The van der Waals surface area contributed by atoms with Crippen LogP contribution in [-0.2, 0) is 6.54 Å². The van der Waals surface area contributed by atoms with Crippen molar-refractivity contribution in [2.24, 2.45) is 5.92 Å². The molecule has 0 saturated heterocycles. The Morgan fingerprint density at radius 1 is 1.56 bits per heavy atom. The van der Waals surface area contributed by atoms with Crippen molar-refractivity contribution in [1.82, 2.24) is 10.3 Å². The van der Waals surface area contributed by atoms with Crippen LogP contribution in [0.1, 0.15) is 44.7 Å². The van der Waals surface area contributed by atoms with Gasteiger partial charge in [0.2, 0.25) is 0 Å². The predicted octanol–water partition coefficient (Wildman–Crippen LogP) is 2.49. The molecule has 1 saturated carbocycles. The van der Waals surface area contributed by atoms with E-state index < -0.39 is 0 Å². The van der Waals surface area contributed by atoms with Gasteiger partial charge in [0.05, 0.1) is 0 Å². The highest BCUT2D eigenvalue weighted by atomic mass is 32.1. The van der Waals surface area contributed by atoms with Gasteiger partial charge in [0, 0.05) is 23.7 Å². The number of hydrogen-bond acceptors (Lipinski definition) is 3. The van der Waals surface area contributed by atoms with Gasteiger partial charge in [0.15, 0.2) is 0 Å². The van der Waals surface area contributed by atoms with Crippen LogP contribution in [0.2, 0.25) is 0 Å². The fraction of sp³-hybridized carbons (Fsp3) is 0.750. The van der Waals surface area contributed by atoms with E-state index in [2.05, 4.69) is 17.2 Å². The molecule has 1 aromatic heterocycles. The van der Waals surface area contributed by atoms with Crippen molar-refractivity contribution in [3.63, 3.8) is 0 Å². The van der Waals surface area contributed by atoms with Gasteiger partial charge < -0.3 is 10.3 Å². The Bertz CT molecular complexity index is 371. The molecule has 3 nitrogen and oxygen atoms in total. The summed E-state index contributed by atoms with van der Waals surface area (Å²) in [6, 6.07) is 0.641. The zero-order valence-corrected chi connectivity index (χ0v) is 10.6. The summed E-state index contributed by atoms with van der Waals surface area (Å²) in [6.45, 7) is 3.09. The maximum atomic E-state index is 11.0. The molecule has 0 radical (unpaired) electrons. The highest BCUT2D eigenvalue weighted by Gasteiger charge is 2.20. The summed E-state index contributed by atoms with van der Waals surface area (Å²) in [4.78, 5) is 13.9. The van der Waals surface area contributed by atoms with E-state index in [0.29, 0.717) is 6.04 Å². The maximum Gasteiger partial charge on any atom is 0.304 e. The first-order valence-corrected chi connectivity index (χ1v) is 7.06. The van der Waals surface area contributed by atoms with Crippen molar-refractivity contribution >= 4 is 11.3 Å². The monoisotopic (exact) mass is 240 g/mol. The highest BCUT2D eigenvalue weighted by molar-refractivity contribution is 7.07. The van der Waals surface area contributed by atoms with Crippen LogP contribution < -0.4 is 10.2 Å². The van der Waals surface area contributed by atoms with Crippen LogP contribution in [-0.4, -0.2) is 11.0 Å². The molecular weight excluding hydrogens is 220 g/mol. The number of aromatic amines is 1. The van der Waals surface area contributed by atoms with Gasteiger partial charge in [-0.25, -0.2) is 0 Å². The van der Waals surface area contributed by atoms with Gasteiger partial charge in [-0.3, -0.25) is 4.79 Å². The average Bonchev–Trinajstić information content (AvgIpc) is 2.73. The van der Waals surface area contributed by atoms with Crippen molar-refractivity contribution in [3.05, 3.63) is 20.7 Å². The second kappa shape index (κ2) is 5.64. The van der Waals surface area contributed by atoms with Crippen LogP contribution >= 0.6 is 11.3 Å². The van der Waals surface area contributed by atoms with Crippen LogP contribution in [0.15, 0.2) is 10.2 Å². The Kier molecular flexibility index (Phi) is 4.18. The van der Waals surface area contributed by atoms with Gasteiger partial charge >= 0.3 is 4.87 Å². The number of hydrogen-bond donors (Lipinski definition) is 2. The van der Waals surface area contributed by atoms with Crippen LogP contribution in [0.3, 0.4) is 0 Å². The first kappa shape index (κ1) is 11.9. The zero-order chi connectivity index (χ0) is 11.4. The van der Waals surface area contributed by atoms with Crippen molar-refractivity contribution in [2.45, 2.75) is 51.6 Å². The van der Waals surface area contributed by atoms with E-state index in [1.165, 1.54) is 43.4 Å². The Labute approximate surface area is 100 Å². The molecule has 2 unspecified atom stereocenters. The Hall–Kier alpha value is -0.610. The van der Waals surface area contributed by atoms with Crippen LogP contribution in [0.4, 0.5) is 0 Å². The van der Waals surface area contributed by atoms with E-state index in [9.17, 15) is 4.79 Å². The number of H-pyrrole nitrogens is 1. The smallest absolute Gasteiger partial charge is 0.304 e. The van der Waals surface area contributed by atoms with E-state index in [-0.39, 0.29) is 4.87 Å². The highest BCUT2D eigenvalue weighted by Crippen LogP contribution is 2.26. The summed E-state index contributed by atoms with van der Waals surface area (Å²) in [5.74, 6) is 0.896. The lowest BCUT2D eigenvalue weighted by molar-refractivity contribution is 0.278. The van der Waals surface area contributed by atoms with E-state index in [1.807, 2.05) is 5.38 Å². The molecule has 1 aliphatic rings. The minimum absolute atomic E-state index is 0.0480. The number of thiazole rings is 1. The van der Waals surface area contributed by atoms with Gasteiger partial charge in [0.25, 0.3) is 0 Å². The summed E-state index contributed by atoms with van der Waals surface area (Å²) >= 11 is 1.24. The molecule has 1 aliphatic carbocycles. The van der Waals surface area contributed by atoms with Crippen molar-refractivity contribution in [2.75, 3.05) is 0 Å². The lowest BCUT2D eigenvalue weighted by Crippen LogP contribution is -2.33. The second-order valence-electron chi connectivity index (χ2n) is 4.69. The molecule has 0 spiro atoms. The molecule has 1 aromatic rings. The molecule has 1 heterocycles. The molecule has 2 atom stereocenters. The molecular formula is C12H20N2OS. The first-order valence-electron chi connectivity index (χ1n) is 6.18. The maximum absolute atomic E-state index is 11.0. The lowest BCUT2D eigenvalue weighted by Gasteiger charge is -2.29. The fourth-order valence-electron chi connectivity index (χ4n) is 2.50. The van der Waals surface area contributed by atoms with Crippen molar-refractivity contribution < 1.29 is 0 Å². The van der Waals surface area contributed by atoms with E-state index in [1.54, 1.807) is 0 Å². The third-order valence-corrected chi connectivity index (χ3v) is 4.23. The third-order valence-electron chi connectivity index (χ3n) is 3.51. The Morgan fingerprint density at radius 2 is 2.44 bits per heavy atom. The van der Waals surface area contributed by atoms with Gasteiger partial charge in [0.1, 0.15) is 0 Å². The molecule has 90 valence electrons. The molecule has 1 fully saturated rings. The van der Waals surface area contributed by atoms with Crippen molar-refractivity contribution in [3.8, 4) is 0 Å². The lowest BCUT2D eigenvalue weighted by atomic mass is 9.84. The summed E-state index contributed by atoms with van der Waals surface area (Å²) in [5.41, 5.74) is 1.02. The molecule has 0 aliphatic heterocycles. The molecule has 2 rings (SSSR count). The van der Waals surface area contributed by atoms with Crippen LogP contribution in [0, 0.1) is 5.92 Å². The number of aromatic nitrogens is 1. The molecule has 0 amide bonds. The SMILES string of the molecule is CCC1CCCC(NCc2csc(=O)[nH]2)C1. The van der Waals surface area contributed by atoms with Gasteiger partial charge in [-0.15, -0.1) is 0 Å².